The number of benzene rings is 8. The number of nitrogens with zero attached hydrogens (tertiary/aromatic N) is 4. The highest BCUT2D eigenvalue weighted by molar-refractivity contribution is 6.17. The quantitative estimate of drug-likeness (QED) is 0.181. The van der Waals surface area contributed by atoms with Gasteiger partial charge in [0, 0.05) is 43.6 Å². The van der Waals surface area contributed by atoms with Gasteiger partial charge in [-0.15, -0.1) is 0 Å². The van der Waals surface area contributed by atoms with E-state index in [0.717, 1.165) is 44.4 Å². The first-order valence-corrected chi connectivity index (χ1v) is 19.7. The summed E-state index contributed by atoms with van der Waals surface area (Å²) in [6.07, 6.45) is 0. The largest absolute Gasteiger partial charge is 0.309 e. The molecule has 0 radical (unpaired) electrons. The van der Waals surface area contributed by atoms with Crippen molar-refractivity contribution in [2.24, 2.45) is 0 Å². The highest BCUT2D eigenvalue weighted by atomic mass is 15.2. The van der Waals surface area contributed by atoms with Crippen molar-refractivity contribution < 1.29 is 0 Å². The summed E-state index contributed by atoms with van der Waals surface area (Å²) in [5.41, 5.74) is 16.2. The molecule has 0 spiro atoms. The molecule has 0 atom stereocenters. The highest BCUT2D eigenvalue weighted by Gasteiger charge is 2.35. The Morgan fingerprint density at radius 3 is 1.89 bits per heavy atom. The number of rotatable bonds is 4. The van der Waals surface area contributed by atoms with Crippen molar-refractivity contribution in [1.82, 2.24) is 19.1 Å². The zero-order valence-electron chi connectivity index (χ0n) is 31.6. The Hall–Kier alpha value is -7.30. The molecular formula is C53H36N4. The van der Waals surface area contributed by atoms with Crippen LogP contribution in [0.4, 0.5) is 0 Å². The maximum atomic E-state index is 5.50. The van der Waals surface area contributed by atoms with Crippen LogP contribution >= 0.6 is 0 Å². The molecule has 12 rings (SSSR count). The van der Waals surface area contributed by atoms with E-state index in [9.17, 15) is 0 Å². The zero-order valence-corrected chi connectivity index (χ0v) is 31.6. The van der Waals surface area contributed by atoms with E-state index in [0.29, 0.717) is 5.95 Å². The number of para-hydroxylation sites is 4. The molecular weight excluding hydrogens is 693 g/mol. The Morgan fingerprint density at radius 2 is 1.04 bits per heavy atom. The maximum absolute atomic E-state index is 5.50. The number of fused-ring (bicyclic) bond motifs is 10. The van der Waals surface area contributed by atoms with E-state index in [2.05, 4.69) is 205 Å². The molecule has 11 aromatic rings. The zero-order chi connectivity index (χ0) is 37.8. The summed E-state index contributed by atoms with van der Waals surface area (Å²) in [5.74, 6) is 0.662. The molecule has 1 aliphatic rings. The van der Waals surface area contributed by atoms with Crippen LogP contribution in [0.15, 0.2) is 182 Å². The van der Waals surface area contributed by atoms with Crippen molar-refractivity contribution in [2.75, 3.05) is 0 Å². The van der Waals surface area contributed by atoms with Crippen LogP contribution in [0.2, 0.25) is 0 Å². The molecule has 0 amide bonds. The lowest BCUT2D eigenvalue weighted by Crippen LogP contribution is -2.15. The fourth-order valence-electron chi connectivity index (χ4n) is 9.70. The predicted octanol–water partition coefficient (Wildman–Crippen LogP) is 13.5. The maximum Gasteiger partial charge on any atom is 0.235 e. The molecule has 3 heterocycles. The minimum Gasteiger partial charge on any atom is -0.309 e. The fourth-order valence-corrected chi connectivity index (χ4v) is 9.70. The molecule has 0 bridgehead atoms. The summed E-state index contributed by atoms with van der Waals surface area (Å²) in [5, 5.41) is 5.88. The SMILES string of the molecule is CC1(C)c2ccccc2-c2ccc(-c3nc(-n4c5ccccc5c5c(-c6ccc7c8ccccc8n(-c8ccccc8)c7c6)cccc54)nc4ccccc34)cc21. The van der Waals surface area contributed by atoms with Crippen molar-refractivity contribution in [1.29, 1.82) is 0 Å². The molecule has 0 unspecified atom stereocenters. The van der Waals surface area contributed by atoms with Gasteiger partial charge in [0.2, 0.25) is 5.95 Å². The lowest BCUT2D eigenvalue weighted by molar-refractivity contribution is 0.660. The summed E-state index contributed by atoms with van der Waals surface area (Å²) in [4.78, 5) is 10.8. The first kappa shape index (κ1) is 32.0. The third-order valence-electron chi connectivity index (χ3n) is 12.3. The monoisotopic (exact) mass is 728 g/mol. The number of hydrogen-bond acceptors (Lipinski definition) is 2. The number of hydrogen-bond donors (Lipinski definition) is 0. The summed E-state index contributed by atoms with van der Waals surface area (Å²) in [6, 6.07) is 65.8. The van der Waals surface area contributed by atoms with E-state index in [1.165, 1.54) is 60.4 Å². The van der Waals surface area contributed by atoms with Gasteiger partial charge in [0.05, 0.1) is 33.3 Å². The van der Waals surface area contributed by atoms with Crippen molar-refractivity contribution in [2.45, 2.75) is 19.3 Å². The Balaban J connectivity index is 1.09. The standard InChI is InChI=1S/C53H36N4/c1-53(2)43-22-10-6-17-37(43)38-29-28-34(31-44(38)53)51-41-19-7-11-23-45(41)54-52(55-51)57-47-25-13-9-20-42(47)50-36(21-14-26-48(50)57)33-27-30-40-39-18-8-12-24-46(39)56(49(40)32-33)35-15-4-3-5-16-35/h3-32H,1-2H3. The Kier molecular flexibility index (Phi) is 6.65. The topological polar surface area (TPSA) is 35.6 Å². The van der Waals surface area contributed by atoms with Crippen molar-refractivity contribution in [3.63, 3.8) is 0 Å². The molecule has 1 aliphatic carbocycles. The molecule has 4 nitrogen and oxygen atoms in total. The van der Waals surface area contributed by atoms with E-state index in [4.69, 9.17) is 9.97 Å². The van der Waals surface area contributed by atoms with Crippen LogP contribution < -0.4 is 0 Å². The number of aromatic nitrogens is 4. The molecule has 0 saturated heterocycles. The van der Waals surface area contributed by atoms with Crippen molar-refractivity contribution in [3.8, 4) is 45.1 Å². The van der Waals surface area contributed by atoms with Crippen LogP contribution in [0, 0.1) is 0 Å². The Bertz CT molecular complexity index is 3440. The van der Waals surface area contributed by atoms with E-state index in [1.54, 1.807) is 0 Å². The molecule has 3 aromatic heterocycles. The van der Waals surface area contributed by atoms with Gasteiger partial charge in [-0.3, -0.25) is 4.57 Å². The van der Waals surface area contributed by atoms with E-state index in [-0.39, 0.29) is 5.41 Å². The summed E-state index contributed by atoms with van der Waals surface area (Å²) in [6.45, 7) is 4.67. The summed E-state index contributed by atoms with van der Waals surface area (Å²) < 4.78 is 4.65. The fraction of sp³-hybridized carbons (Fsp3) is 0.0566. The van der Waals surface area contributed by atoms with Gasteiger partial charge in [-0.1, -0.05) is 147 Å². The normalized spacial score (nSPS) is 13.2. The van der Waals surface area contributed by atoms with E-state index in [1.807, 2.05) is 0 Å². The molecule has 0 N–H and O–H groups in total. The first-order chi connectivity index (χ1) is 28.0. The summed E-state index contributed by atoms with van der Waals surface area (Å²) in [7, 11) is 0. The minimum atomic E-state index is -0.116. The molecule has 0 fully saturated rings. The smallest absolute Gasteiger partial charge is 0.235 e. The first-order valence-electron chi connectivity index (χ1n) is 19.7. The van der Waals surface area contributed by atoms with Gasteiger partial charge in [-0.25, -0.2) is 9.97 Å². The van der Waals surface area contributed by atoms with Gasteiger partial charge in [0.1, 0.15) is 0 Å². The molecule has 57 heavy (non-hydrogen) atoms. The second kappa shape index (κ2) is 11.8. The van der Waals surface area contributed by atoms with Crippen LogP contribution in [-0.4, -0.2) is 19.1 Å². The van der Waals surface area contributed by atoms with Crippen LogP contribution in [-0.2, 0) is 5.41 Å². The second-order valence-corrected chi connectivity index (χ2v) is 15.8. The van der Waals surface area contributed by atoms with Gasteiger partial charge in [-0.05, 0) is 81.9 Å². The molecule has 8 aromatic carbocycles. The van der Waals surface area contributed by atoms with Crippen molar-refractivity contribution in [3.05, 3.63) is 193 Å². The van der Waals surface area contributed by atoms with E-state index < -0.39 is 0 Å². The van der Waals surface area contributed by atoms with Gasteiger partial charge in [0.25, 0.3) is 0 Å². The lowest BCUT2D eigenvalue weighted by Gasteiger charge is -2.22. The van der Waals surface area contributed by atoms with Gasteiger partial charge < -0.3 is 4.57 Å². The molecule has 4 heteroatoms. The lowest BCUT2D eigenvalue weighted by atomic mass is 9.82. The van der Waals surface area contributed by atoms with Gasteiger partial charge in [0.15, 0.2) is 0 Å². The van der Waals surface area contributed by atoms with Crippen LogP contribution in [0.3, 0.4) is 0 Å². The Labute approximate surface area is 329 Å². The average molecular weight is 729 g/mol. The predicted molar refractivity (Wildman–Crippen MR) is 237 cm³/mol. The third-order valence-corrected chi connectivity index (χ3v) is 12.3. The van der Waals surface area contributed by atoms with Gasteiger partial charge >= 0.3 is 0 Å². The van der Waals surface area contributed by atoms with Crippen LogP contribution in [0.5, 0.6) is 0 Å². The van der Waals surface area contributed by atoms with Crippen molar-refractivity contribution >= 4 is 54.5 Å². The molecule has 0 aliphatic heterocycles. The molecule has 268 valence electrons. The average Bonchev–Trinajstić information content (AvgIpc) is 3.86. The second-order valence-electron chi connectivity index (χ2n) is 15.8. The van der Waals surface area contributed by atoms with Crippen LogP contribution in [0.1, 0.15) is 25.0 Å². The third kappa shape index (κ3) is 4.55. The Morgan fingerprint density at radius 1 is 0.404 bits per heavy atom. The minimum absolute atomic E-state index is 0.116. The van der Waals surface area contributed by atoms with Crippen LogP contribution in [0.25, 0.3) is 99.7 Å². The van der Waals surface area contributed by atoms with Gasteiger partial charge in [-0.2, -0.15) is 0 Å². The summed E-state index contributed by atoms with van der Waals surface area (Å²) >= 11 is 0. The highest BCUT2D eigenvalue weighted by Crippen LogP contribution is 2.50. The van der Waals surface area contributed by atoms with E-state index >= 15 is 0 Å². The molecule has 0 saturated carbocycles.